The van der Waals surface area contributed by atoms with Crippen LogP contribution in [0.1, 0.15) is 6.92 Å². The Morgan fingerprint density at radius 1 is 1.17 bits per heavy atom. The minimum atomic E-state index is -0.314. The number of aromatic nitrogens is 2. The predicted molar refractivity (Wildman–Crippen MR) is 92.0 cm³/mol. The largest absolute Gasteiger partial charge is 0.711 e. The van der Waals surface area contributed by atoms with Gasteiger partial charge in [-0.15, -0.1) is 0 Å². The van der Waals surface area contributed by atoms with Crippen LogP contribution < -0.4 is 14.8 Å². The highest BCUT2D eigenvalue weighted by Gasteiger charge is 2.09. The van der Waals surface area contributed by atoms with E-state index in [1.807, 2.05) is 0 Å². The van der Waals surface area contributed by atoms with Gasteiger partial charge in [0.2, 0.25) is 0 Å². The third-order valence-corrected chi connectivity index (χ3v) is 4.94. The lowest BCUT2D eigenvalue weighted by atomic mass is 10.4. The van der Waals surface area contributed by atoms with Crippen LogP contribution in [0.15, 0.2) is 51.4 Å². The average molecular weight is 366 g/mol. The summed E-state index contributed by atoms with van der Waals surface area (Å²) in [5.41, 5.74) is 0. The van der Waals surface area contributed by atoms with Gasteiger partial charge in [-0.05, 0) is 38.7 Å². The molecular formula is C14H14N4O4S2. The van der Waals surface area contributed by atoms with Crippen molar-refractivity contribution in [3.63, 3.8) is 0 Å². The van der Waals surface area contributed by atoms with Gasteiger partial charge in [-0.1, -0.05) is 0 Å². The van der Waals surface area contributed by atoms with E-state index < -0.39 is 0 Å². The van der Waals surface area contributed by atoms with Crippen LogP contribution in [0, 0.1) is 10.4 Å². The molecule has 0 atom stereocenters. The van der Waals surface area contributed by atoms with Crippen LogP contribution in [0.5, 0.6) is 0 Å². The summed E-state index contributed by atoms with van der Waals surface area (Å²) >= 11 is 0. The molecule has 0 aliphatic rings. The zero-order valence-electron chi connectivity index (χ0n) is 12.8. The average Bonchev–Trinajstić information content (AvgIpc) is 2.54. The lowest BCUT2D eigenvalue weighted by Crippen LogP contribution is -2.31. The minimum absolute atomic E-state index is 0.162. The fourth-order valence-electron chi connectivity index (χ4n) is 1.60. The van der Waals surface area contributed by atoms with Crippen LogP contribution in [0.25, 0.3) is 0 Å². The normalized spacial score (nSPS) is 10.8. The SMILES string of the molecule is COC=Nc1ccc(SSc2ccc(NC(C)=O)[n+]([O-])c2)c[n+]1[O-]. The summed E-state index contributed by atoms with van der Waals surface area (Å²) in [6.07, 6.45) is 3.91. The van der Waals surface area contributed by atoms with Crippen LogP contribution in [0.4, 0.5) is 11.6 Å². The molecule has 0 radical (unpaired) electrons. The van der Waals surface area contributed by atoms with E-state index in [9.17, 15) is 15.2 Å². The van der Waals surface area contributed by atoms with Crippen LogP contribution in [-0.2, 0) is 9.53 Å². The molecule has 0 aromatic carbocycles. The highest BCUT2D eigenvalue weighted by molar-refractivity contribution is 8.76. The fourth-order valence-corrected chi connectivity index (χ4v) is 3.48. The number of aliphatic imine (C=N–C) groups is 1. The number of nitrogens with one attached hydrogen (secondary N) is 1. The molecule has 0 saturated heterocycles. The Bertz CT molecular complexity index is 770. The maximum atomic E-state index is 11.8. The molecule has 1 N–H and O–H groups in total. The molecule has 8 nitrogen and oxygen atoms in total. The fraction of sp³-hybridized carbons (Fsp3) is 0.143. The van der Waals surface area contributed by atoms with E-state index in [-0.39, 0.29) is 17.5 Å². The zero-order valence-corrected chi connectivity index (χ0v) is 14.5. The number of carbonyl (C=O) groups is 1. The second-order valence-corrected chi connectivity index (χ2v) is 6.72. The molecule has 1 amide bonds. The highest BCUT2D eigenvalue weighted by atomic mass is 33.1. The Kier molecular flexibility index (Phi) is 6.27. The number of carbonyl (C=O) groups excluding carboxylic acids is 1. The summed E-state index contributed by atoms with van der Waals surface area (Å²) in [5.74, 6) is 0.0588. The van der Waals surface area contributed by atoms with Crippen LogP contribution >= 0.6 is 21.6 Å². The molecule has 2 rings (SSSR count). The Balaban J connectivity index is 2.03. The van der Waals surface area contributed by atoms with E-state index in [0.29, 0.717) is 19.3 Å². The van der Waals surface area contributed by atoms with E-state index in [1.54, 1.807) is 18.2 Å². The molecule has 24 heavy (non-hydrogen) atoms. The van der Waals surface area contributed by atoms with Crippen molar-refractivity contribution in [2.45, 2.75) is 16.7 Å². The van der Waals surface area contributed by atoms with Crippen molar-refractivity contribution < 1.29 is 19.0 Å². The zero-order chi connectivity index (χ0) is 17.5. The third kappa shape index (κ3) is 5.03. The van der Waals surface area contributed by atoms with Crippen molar-refractivity contribution in [3.05, 3.63) is 47.1 Å². The number of anilines is 1. The standard InChI is InChI=1S/C14H14N4O4S2/c1-10(19)16-14-6-4-12(8-18(14)21)24-23-11-3-5-13(15-9-22-2)17(20)7-11/h3-9H,1-2H3,(H,16,19). The number of ether oxygens (including phenoxy) is 1. The first-order valence-electron chi connectivity index (χ1n) is 6.63. The van der Waals surface area contributed by atoms with Gasteiger partial charge >= 0.3 is 11.7 Å². The first kappa shape index (κ1) is 17.9. The predicted octanol–water partition coefficient (Wildman–Crippen LogP) is 2.02. The van der Waals surface area contributed by atoms with Crippen molar-refractivity contribution in [1.82, 2.24) is 0 Å². The topological polar surface area (TPSA) is 105 Å². The molecule has 0 saturated carbocycles. The van der Waals surface area contributed by atoms with Crippen molar-refractivity contribution in [2.75, 3.05) is 12.4 Å². The van der Waals surface area contributed by atoms with Gasteiger partial charge in [-0.2, -0.15) is 0 Å². The third-order valence-electron chi connectivity index (χ3n) is 2.58. The molecule has 10 heteroatoms. The Hall–Kier alpha value is -2.46. The van der Waals surface area contributed by atoms with Gasteiger partial charge < -0.3 is 15.2 Å². The van der Waals surface area contributed by atoms with Crippen LogP contribution in [-0.4, -0.2) is 19.4 Å². The van der Waals surface area contributed by atoms with E-state index in [2.05, 4.69) is 15.0 Å². The van der Waals surface area contributed by atoms with Gasteiger partial charge in [0.25, 0.3) is 12.2 Å². The first-order chi connectivity index (χ1) is 11.5. The number of amides is 1. The second kappa shape index (κ2) is 8.41. The van der Waals surface area contributed by atoms with E-state index in [4.69, 9.17) is 0 Å². The first-order valence-corrected chi connectivity index (χ1v) is 8.78. The quantitative estimate of drug-likeness (QED) is 0.276. The molecular weight excluding hydrogens is 352 g/mol. The molecule has 0 unspecified atom stereocenters. The number of hydrogen-bond donors (Lipinski definition) is 1. The highest BCUT2D eigenvalue weighted by Crippen LogP contribution is 2.36. The van der Waals surface area contributed by atoms with Gasteiger partial charge in [0.1, 0.15) is 12.4 Å². The van der Waals surface area contributed by atoms with Gasteiger partial charge in [0.15, 0.2) is 0 Å². The number of nitrogens with zero attached hydrogens (tertiary/aromatic N) is 3. The molecule has 0 aliphatic carbocycles. The molecule has 0 fully saturated rings. The Labute approximate surface area is 146 Å². The second-order valence-electron chi connectivity index (χ2n) is 4.44. The lowest BCUT2D eigenvalue weighted by Gasteiger charge is -2.09. The number of rotatable bonds is 6. The summed E-state index contributed by atoms with van der Waals surface area (Å²) in [7, 11) is 4.08. The van der Waals surface area contributed by atoms with Gasteiger partial charge in [0.05, 0.1) is 16.9 Å². The molecule has 126 valence electrons. The van der Waals surface area contributed by atoms with Gasteiger partial charge in [-0.3, -0.25) is 0 Å². The maximum Gasteiger partial charge on any atom is 0.329 e. The summed E-state index contributed by atoms with van der Waals surface area (Å²) in [4.78, 5) is 16.2. The van der Waals surface area contributed by atoms with Crippen LogP contribution in [0.2, 0.25) is 0 Å². The maximum absolute atomic E-state index is 11.8. The minimum Gasteiger partial charge on any atom is -0.711 e. The molecule has 0 aliphatic heterocycles. The summed E-state index contributed by atoms with van der Waals surface area (Å²) in [6.45, 7) is 1.33. The number of hydrogen-bond acceptors (Lipinski definition) is 7. The molecule has 2 heterocycles. The summed E-state index contributed by atoms with van der Waals surface area (Å²) in [6, 6.07) is 6.54. The van der Waals surface area contributed by atoms with Crippen molar-refractivity contribution in [2.24, 2.45) is 4.99 Å². The Morgan fingerprint density at radius 3 is 2.33 bits per heavy atom. The monoisotopic (exact) mass is 366 g/mol. The molecule has 0 spiro atoms. The lowest BCUT2D eigenvalue weighted by molar-refractivity contribution is -0.593. The van der Waals surface area contributed by atoms with E-state index >= 15 is 0 Å². The van der Waals surface area contributed by atoms with Crippen LogP contribution in [0.3, 0.4) is 0 Å². The molecule has 2 aromatic heterocycles. The van der Waals surface area contributed by atoms with Gasteiger partial charge in [0, 0.05) is 19.1 Å². The summed E-state index contributed by atoms with van der Waals surface area (Å²) in [5, 5.41) is 26.0. The molecule has 2 aromatic rings. The van der Waals surface area contributed by atoms with E-state index in [0.717, 1.165) is 0 Å². The van der Waals surface area contributed by atoms with Crippen molar-refractivity contribution in [3.8, 4) is 0 Å². The van der Waals surface area contributed by atoms with E-state index in [1.165, 1.54) is 60.5 Å². The van der Waals surface area contributed by atoms with Crippen molar-refractivity contribution in [1.29, 1.82) is 0 Å². The molecule has 0 bridgehead atoms. The van der Waals surface area contributed by atoms with Crippen molar-refractivity contribution >= 4 is 45.5 Å². The Morgan fingerprint density at radius 2 is 1.79 bits per heavy atom. The summed E-state index contributed by atoms with van der Waals surface area (Å²) < 4.78 is 5.88. The van der Waals surface area contributed by atoms with Gasteiger partial charge in [-0.25, -0.2) is 19.6 Å². The smallest absolute Gasteiger partial charge is 0.329 e. The number of pyridine rings is 2. The number of methoxy groups -OCH3 is 1.